The first kappa shape index (κ1) is 28.5. The van der Waals surface area contributed by atoms with E-state index >= 15 is 4.39 Å². The molecule has 2 aromatic carbocycles. The molecule has 0 unspecified atom stereocenters. The second kappa shape index (κ2) is 10.6. The van der Waals surface area contributed by atoms with Gasteiger partial charge >= 0.3 is 0 Å². The van der Waals surface area contributed by atoms with Gasteiger partial charge in [-0.2, -0.15) is 15.0 Å². The predicted octanol–water partition coefficient (Wildman–Crippen LogP) is 4.59. The van der Waals surface area contributed by atoms with Crippen LogP contribution in [0.1, 0.15) is 43.0 Å². The third kappa shape index (κ3) is 4.84. The molecule has 9 nitrogen and oxygen atoms in total. The van der Waals surface area contributed by atoms with E-state index in [-0.39, 0.29) is 10.8 Å². The molecular weight excluding hydrogens is 545 g/mol. The van der Waals surface area contributed by atoms with Gasteiger partial charge in [0.1, 0.15) is 23.4 Å². The van der Waals surface area contributed by atoms with E-state index in [9.17, 15) is 15.2 Å². The lowest BCUT2D eigenvalue weighted by Gasteiger charge is -2.34. The standard InChI is InChI=1S/C33H34FN7O2/c1-20-13-24-22(16-35)18-40(31(24)37-30(20)39-11-9-38(5)10-12-39)27-7-6-8-28(25(27)19-42)41-32(43)29-21(17-36-41)14-23(15-26(29)34)33(2,3)4/h6-8,13-15,17-18,42H,9-12,19H2,1-5H3. The Hall–Kier alpha value is -4.59. The number of likely N-dealkylation sites (N-methyl/N-ethyl adjacent to an activating group) is 1. The van der Waals surface area contributed by atoms with E-state index in [1.807, 2.05) is 33.8 Å². The average Bonchev–Trinajstić information content (AvgIpc) is 3.33. The average molecular weight is 580 g/mol. The van der Waals surface area contributed by atoms with Crippen LogP contribution in [0.25, 0.3) is 33.2 Å². The van der Waals surface area contributed by atoms with Crippen LogP contribution >= 0.6 is 0 Å². The second-order valence-electron chi connectivity index (χ2n) is 12.3. The fraction of sp³-hybridized carbons (Fsp3) is 0.333. The number of anilines is 1. The highest BCUT2D eigenvalue weighted by Gasteiger charge is 2.23. The van der Waals surface area contributed by atoms with Crippen LogP contribution in [0.4, 0.5) is 10.2 Å². The van der Waals surface area contributed by atoms with Crippen LogP contribution in [0.5, 0.6) is 0 Å². The van der Waals surface area contributed by atoms with E-state index in [0.717, 1.165) is 47.8 Å². The number of aliphatic hydroxyl groups is 1. The van der Waals surface area contributed by atoms with Crippen LogP contribution in [-0.4, -0.2) is 62.6 Å². The summed E-state index contributed by atoms with van der Waals surface area (Å²) in [6.45, 7) is 11.0. The van der Waals surface area contributed by atoms with Crippen molar-refractivity contribution in [1.29, 1.82) is 5.26 Å². The fourth-order valence-electron chi connectivity index (χ4n) is 5.83. The zero-order valence-corrected chi connectivity index (χ0v) is 25.0. The van der Waals surface area contributed by atoms with E-state index in [0.29, 0.717) is 38.9 Å². The number of halogens is 1. The van der Waals surface area contributed by atoms with Crippen molar-refractivity contribution in [2.24, 2.45) is 0 Å². The monoisotopic (exact) mass is 579 g/mol. The van der Waals surface area contributed by atoms with Crippen molar-refractivity contribution in [2.45, 2.75) is 39.7 Å². The number of aromatic nitrogens is 4. The number of hydrogen-bond acceptors (Lipinski definition) is 7. The first-order valence-corrected chi connectivity index (χ1v) is 14.3. The lowest BCUT2D eigenvalue weighted by Crippen LogP contribution is -2.45. The van der Waals surface area contributed by atoms with Gasteiger partial charge < -0.3 is 14.9 Å². The van der Waals surface area contributed by atoms with Crippen molar-refractivity contribution in [3.05, 3.63) is 87.2 Å². The predicted molar refractivity (Wildman–Crippen MR) is 166 cm³/mol. The van der Waals surface area contributed by atoms with Gasteiger partial charge in [0.2, 0.25) is 0 Å². The third-order valence-electron chi connectivity index (χ3n) is 8.34. The zero-order valence-electron chi connectivity index (χ0n) is 25.0. The number of aryl methyl sites for hydroxylation is 1. The van der Waals surface area contributed by atoms with Crippen molar-refractivity contribution < 1.29 is 9.50 Å². The van der Waals surface area contributed by atoms with Crippen LogP contribution in [0.3, 0.4) is 0 Å². The number of fused-ring (bicyclic) bond motifs is 2. The van der Waals surface area contributed by atoms with Crippen molar-refractivity contribution in [3.8, 4) is 17.4 Å². The Labute approximate surface area is 249 Å². The Morgan fingerprint density at radius 1 is 1.09 bits per heavy atom. The van der Waals surface area contributed by atoms with Gasteiger partial charge in [-0.1, -0.05) is 26.8 Å². The van der Waals surface area contributed by atoms with Crippen LogP contribution in [0.15, 0.2) is 53.6 Å². The molecule has 0 bridgehead atoms. The quantitative estimate of drug-likeness (QED) is 0.332. The van der Waals surface area contributed by atoms with E-state index in [4.69, 9.17) is 4.98 Å². The molecule has 43 heavy (non-hydrogen) atoms. The molecule has 1 aliphatic rings. The Bertz CT molecular complexity index is 1990. The summed E-state index contributed by atoms with van der Waals surface area (Å²) in [4.78, 5) is 23.3. The van der Waals surface area contributed by atoms with Gasteiger partial charge in [0.15, 0.2) is 0 Å². The van der Waals surface area contributed by atoms with Gasteiger partial charge in [0.25, 0.3) is 5.56 Å². The first-order chi connectivity index (χ1) is 20.5. The number of hydrogen-bond donors (Lipinski definition) is 1. The van der Waals surface area contributed by atoms with Crippen LogP contribution in [-0.2, 0) is 12.0 Å². The molecule has 220 valence electrons. The Morgan fingerprint density at radius 2 is 1.81 bits per heavy atom. The molecule has 1 fully saturated rings. The molecule has 3 aromatic heterocycles. The SMILES string of the molecule is Cc1cc2c(C#N)cn(-c3cccc(-n4ncc5cc(C(C)(C)C)cc(F)c5c4=O)c3CO)c2nc1N1CCN(C)CC1. The van der Waals surface area contributed by atoms with Gasteiger partial charge in [-0.15, -0.1) is 0 Å². The number of nitriles is 1. The third-order valence-corrected chi connectivity index (χ3v) is 8.34. The van der Waals surface area contributed by atoms with Crippen molar-refractivity contribution in [2.75, 3.05) is 38.1 Å². The maximum absolute atomic E-state index is 15.4. The number of rotatable bonds is 4. The van der Waals surface area contributed by atoms with Gasteiger partial charge in [0, 0.05) is 48.7 Å². The van der Waals surface area contributed by atoms with Crippen molar-refractivity contribution in [3.63, 3.8) is 0 Å². The smallest absolute Gasteiger partial charge is 0.282 e. The molecule has 0 atom stereocenters. The lowest BCUT2D eigenvalue weighted by atomic mass is 9.86. The maximum Gasteiger partial charge on any atom is 0.282 e. The molecule has 0 spiro atoms. The molecule has 1 N–H and O–H groups in total. The molecule has 0 aliphatic carbocycles. The van der Waals surface area contributed by atoms with Crippen molar-refractivity contribution >= 4 is 27.6 Å². The first-order valence-electron chi connectivity index (χ1n) is 14.3. The molecule has 1 aliphatic heterocycles. The molecule has 6 rings (SSSR count). The molecule has 0 amide bonds. The van der Waals surface area contributed by atoms with E-state index in [1.165, 1.54) is 12.3 Å². The zero-order chi connectivity index (χ0) is 30.6. The minimum Gasteiger partial charge on any atom is -0.392 e. The van der Waals surface area contributed by atoms with Gasteiger partial charge in [0.05, 0.1) is 35.1 Å². The summed E-state index contributed by atoms with van der Waals surface area (Å²) in [6.07, 6.45) is 3.18. The normalized spacial score (nSPS) is 14.5. The molecule has 1 saturated heterocycles. The highest BCUT2D eigenvalue weighted by molar-refractivity contribution is 5.88. The molecular formula is C33H34FN7O2. The largest absolute Gasteiger partial charge is 0.392 e. The highest BCUT2D eigenvalue weighted by Crippen LogP contribution is 2.32. The summed E-state index contributed by atoms with van der Waals surface area (Å²) in [5.41, 5.74) is 3.09. The summed E-state index contributed by atoms with van der Waals surface area (Å²) in [5, 5.41) is 26.1. The number of pyridine rings is 1. The Morgan fingerprint density at radius 3 is 2.49 bits per heavy atom. The van der Waals surface area contributed by atoms with E-state index in [2.05, 4.69) is 28.0 Å². The molecule has 10 heteroatoms. The molecule has 0 radical (unpaired) electrons. The minimum atomic E-state index is -0.622. The topological polar surface area (TPSA) is 103 Å². The molecule has 5 aromatic rings. The fourth-order valence-corrected chi connectivity index (χ4v) is 5.83. The van der Waals surface area contributed by atoms with Gasteiger partial charge in [-0.25, -0.2) is 9.37 Å². The summed E-state index contributed by atoms with van der Waals surface area (Å²) in [7, 11) is 2.10. The number of nitrogens with zero attached hydrogens (tertiary/aromatic N) is 7. The van der Waals surface area contributed by atoms with Crippen molar-refractivity contribution in [1.82, 2.24) is 24.2 Å². The lowest BCUT2D eigenvalue weighted by molar-refractivity contribution is 0.281. The van der Waals surface area contributed by atoms with E-state index in [1.54, 1.807) is 35.0 Å². The minimum absolute atomic E-state index is 0.0653. The Balaban J connectivity index is 1.54. The van der Waals surface area contributed by atoms with Gasteiger partial charge in [-0.05, 0) is 60.8 Å². The molecule has 4 heterocycles. The van der Waals surface area contributed by atoms with Crippen LogP contribution in [0, 0.1) is 24.1 Å². The second-order valence-corrected chi connectivity index (χ2v) is 12.3. The highest BCUT2D eigenvalue weighted by atomic mass is 19.1. The Kier molecular flexibility index (Phi) is 7.03. The van der Waals surface area contributed by atoms with Crippen LogP contribution in [0.2, 0.25) is 0 Å². The van der Waals surface area contributed by atoms with Crippen LogP contribution < -0.4 is 10.5 Å². The summed E-state index contributed by atoms with van der Waals surface area (Å²) >= 11 is 0. The number of aliphatic hydroxyl groups excluding tert-OH is 1. The number of piperazine rings is 1. The summed E-state index contributed by atoms with van der Waals surface area (Å²) in [6, 6.07) is 12.7. The maximum atomic E-state index is 15.4. The number of benzene rings is 2. The van der Waals surface area contributed by atoms with E-state index < -0.39 is 18.0 Å². The summed E-state index contributed by atoms with van der Waals surface area (Å²) in [5.74, 6) is 0.236. The van der Waals surface area contributed by atoms with Gasteiger partial charge in [-0.3, -0.25) is 9.36 Å². The summed E-state index contributed by atoms with van der Waals surface area (Å²) < 4.78 is 18.3. The molecule has 0 saturated carbocycles.